The first-order chi connectivity index (χ1) is 8.99. The van der Waals surface area contributed by atoms with Crippen LogP contribution in [0.25, 0.3) is 0 Å². The third kappa shape index (κ3) is 3.26. The fourth-order valence-corrected chi connectivity index (χ4v) is 3.48. The molecule has 102 valence electrons. The van der Waals surface area contributed by atoms with E-state index in [2.05, 4.69) is 21.2 Å². The van der Waals surface area contributed by atoms with Gasteiger partial charge in [0.25, 0.3) is 5.69 Å². The molecule has 1 aliphatic heterocycles. The van der Waals surface area contributed by atoms with Crippen molar-refractivity contribution in [3.05, 3.63) is 38.3 Å². The van der Waals surface area contributed by atoms with E-state index < -0.39 is 16.9 Å². The summed E-state index contributed by atoms with van der Waals surface area (Å²) in [5.41, 5.74) is 0.495. The minimum absolute atomic E-state index is 0.00888. The van der Waals surface area contributed by atoms with E-state index in [4.69, 9.17) is 5.11 Å². The molecule has 19 heavy (non-hydrogen) atoms. The quantitative estimate of drug-likeness (QED) is 0.645. The smallest absolute Gasteiger partial charge is 0.320 e. The molecule has 6 nitrogen and oxygen atoms in total. The Labute approximate surface area is 121 Å². The van der Waals surface area contributed by atoms with Crippen LogP contribution in [0, 0.1) is 10.1 Å². The van der Waals surface area contributed by atoms with Crippen LogP contribution in [0.5, 0.6) is 0 Å². The van der Waals surface area contributed by atoms with E-state index in [0.29, 0.717) is 22.2 Å². The van der Waals surface area contributed by atoms with Crippen LogP contribution in [0.15, 0.2) is 22.7 Å². The van der Waals surface area contributed by atoms with Crippen molar-refractivity contribution in [1.29, 1.82) is 0 Å². The Morgan fingerprint density at radius 1 is 1.58 bits per heavy atom. The summed E-state index contributed by atoms with van der Waals surface area (Å²) < 4.78 is 0.624. The van der Waals surface area contributed by atoms with Crippen molar-refractivity contribution in [2.24, 2.45) is 0 Å². The van der Waals surface area contributed by atoms with Gasteiger partial charge in [-0.25, -0.2) is 0 Å². The first-order valence-corrected chi connectivity index (χ1v) is 7.37. The molecular formula is C11H11BrN2O4S. The van der Waals surface area contributed by atoms with Crippen molar-refractivity contribution in [1.82, 2.24) is 5.32 Å². The van der Waals surface area contributed by atoms with Crippen molar-refractivity contribution in [3.8, 4) is 0 Å². The van der Waals surface area contributed by atoms with E-state index >= 15 is 0 Å². The van der Waals surface area contributed by atoms with Gasteiger partial charge in [-0.3, -0.25) is 20.2 Å². The molecule has 8 heteroatoms. The van der Waals surface area contributed by atoms with Crippen molar-refractivity contribution in [3.63, 3.8) is 0 Å². The summed E-state index contributed by atoms with van der Waals surface area (Å²) in [5.74, 6) is -0.271. The van der Waals surface area contributed by atoms with Gasteiger partial charge in [0.15, 0.2) is 0 Å². The number of nitro benzene ring substituents is 1. The number of carbonyl (C=O) groups is 1. The summed E-state index contributed by atoms with van der Waals surface area (Å²) in [6, 6.07) is 4.14. The highest BCUT2D eigenvalue weighted by atomic mass is 79.9. The summed E-state index contributed by atoms with van der Waals surface area (Å²) in [6.45, 7) is 0. The first-order valence-electron chi connectivity index (χ1n) is 5.53. The molecule has 2 unspecified atom stereocenters. The molecular weight excluding hydrogens is 336 g/mol. The molecule has 0 saturated carbocycles. The van der Waals surface area contributed by atoms with Crippen molar-refractivity contribution in [2.45, 2.75) is 17.8 Å². The molecule has 1 fully saturated rings. The summed E-state index contributed by atoms with van der Waals surface area (Å²) >= 11 is 4.68. The minimum atomic E-state index is -0.926. The molecule has 0 spiro atoms. The lowest BCUT2D eigenvalue weighted by Gasteiger charge is -2.28. The number of hydrogen-bond acceptors (Lipinski definition) is 5. The molecule has 0 radical (unpaired) electrons. The van der Waals surface area contributed by atoms with Gasteiger partial charge in [-0.05, 0) is 24.3 Å². The number of hydrogen-bond donors (Lipinski definition) is 2. The number of rotatable bonds is 3. The molecule has 1 aliphatic rings. The second-order valence-corrected chi connectivity index (χ2v) is 6.19. The van der Waals surface area contributed by atoms with Crippen molar-refractivity contribution in [2.75, 3.05) is 5.75 Å². The third-order valence-electron chi connectivity index (χ3n) is 2.81. The molecule has 1 heterocycles. The standard InChI is InChI=1S/C11H11BrN2O4S/c12-6-1-2-7(9(5-6)14(17)18)10-13-8(11(15)16)3-4-19-10/h1-2,5,8,10,13H,3-4H2,(H,15,16). The number of carboxylic acids is 1. The zero-order valence-corrected chi connectivity index (χ0v) is 12.1. The molecule has 0 aromatic heterocycles. The molecule has 1 aromatic carbocycles. The summed E-state index contributed by atoms with van der Waals surface area (Å²) in [4.78, 5) is 21.6. The second-order valence-electron chi connectivity index (χ2n) is 4.06. The van der Waals surface area contributed by atoms with Gasteiger partial charge in [0.1, 0.15) is 6.04 Å². The van der Waals surface area contributed by atoms with Gasteiger partial charge in [-0.2, -0.15) is 0 Å². The highest BCUT2D eigenvalue weighted by molar-refractivity contribution is 9.10. The maximum Gasteiger partial charge on any atom is 0.320 e. The molecule has 1 saturated heterocycles. The molecule has 0 amide bonds. The van der Waals surface area contributed by atoms with Gasteiger partial charge in [0.05, 0.1) is 15.9 Å². The first kappa shape index (κ1) is 14.3. The molecule has 2 rings (SSSR count). The summed E-state index contributed by atoms with van der Waals surface area (Å²) in [7, 11) is 0. The molecule has 2 atom stereocenters. The monoisotopic (exact) mass is 346 g/mol. The van der Waals surface area contributed by atoms with E-state index in [1.807, 2.05) is 0 Å². The summed E-state index contributed by atoms with van der Waals surface area (Å²) in [5, 5.41) is 22.6. The fraction of sp³-hybridized carbons (Fsp3) is 0.364. The normalized spacial score (nSPS) is 23.0. The Bertz CT molecular complexity index is 525. The van der Waals surface area contributed by atoms with E-state index in [9.17, 15) is 14.9 Å². The third-order valence-corrected chi connectivity index (χ3v) is 4.50. The maximum absolute atomic E-state index is 11.1. The Kier molecular flexibility index (Phi) is 4.43. The SMILES string of the molecule is O=C(O)C1CCSC(c2ccc(Br)cc2[N+](=O)[O-])N1. The minimum Gasteiger partial charge on any atom is -0.480 e. The van der Waals surface area contributed by atoms with Gasteiger partial charge < -0.3 is 5.11 Å². The lowest BCUT2D eigenvalue weighted by atomic mass is 10.1. The number of nitrogens with zero attached hydrogens (tertiary/aromatic N) is 1. The van der Waals surface area contributed by atoms with Crippen molar-refractivity contribution < 1.29 is 14.8 Å². The van der Waals surface area contributed by atoms with Gasteiger partial charge in [-0.15, -0.1) is 11.8 Å². The highest BCUT2D eigenvalue weighted by Crippen LogP contribution is 2.37. The summed E-state index contributed by atoms with van der Waals surface area (Å²) in [6.07, 6.45) is 0.515. The molecule has 1 aromatic rings. The average molecular weight is 347 g/mol. The number of nitrogens with one attached hydrogen (secondary N) is 1. The van der Waals surface area contributed by atoms with Crippen LogP contribution in [0.1, 0.15) is 17.4 Å². The second kappa shape index (κ2) is 5.89. The van der Waals surface area contributed by atoms with Crippen LogP contribution in [0.3, 0.4) is 0 Å². The van der Waals surface area contributed by atoms with Crippen LogP contribution in [-0.4, -0.2) is 27.8 Å². The zero-order chi connectivity index (χ0) is 14.0. The average Bonchev–Trinajstić information content (AvgIpc) is 2.38. The lowest BCUT2D eigenvalue weighted by molar-refractivity contribution is -0.385. The van der Waals surface area contributed by atoms with Gasteiger partial charge in [-0.1, -0.05) is 15.9 Å². The Morgan fingerprint density at radius 2 is 2.32 bits per heavy atom. The number of carboxylic acid groups (broad SMARTS) is 1. The Hall–Kier alpha value is -1.12. The Morgan fingerprint density at radius 3 is 2.95 bits per heavy atom. The molecule has 2 N–H and O–H groups in total. The van der Waals surface area contributed by atoms with Crippen LogP contribution in [0.4, 0.5) is 5.69 Å². The van der Waals surface area contributed by atoms with Crippen LogP contribution in [-0.2, 0) is 4.79 Å². The van der Waals surface area contributed by atoms with Gasteiger partial charge in [0, 0.05) is 10.5 Å². The van der Waals surface area contributed by atoms with Crippen LogP contribution >= 0.6 is 27.7 Å². The predicted octanol–water partition coefficient (Wildman–Crippen LogP) is 2.54. The zero-order valence-electron chi connectivity index (χ0n) is 9.71. The molecule has 0 bridgehead atoms. The predicted molar refractivity (Wildman–Crippen MR) is 75.2 cm³/mol. The van der Waals surface area contributed by atoms with E-state index in [1.54, 1.807) is 12.1 Å². The number of benzene rings is 1. The van der Waals surface area contributed by atoms with E-state index in [0.717, 1.165) is 0 Å². The topological polar surface area (TPSA) is 92.5 Å². The number of thioether (sulfide) groups is 1. The number of halogens is 1. The fourth-order valence-electron chi connectivity index (χ4n) is 1.89. The van der Waals surface area contributed by atoms with Gasteiger partial charge >= 0.3 is 5.97 Å². The van der Waals surface area contributed by atoms with Crippen molar-refractivity contribution >= 4 is 39.3 Å². The molecule has 0 aliphatic carbocycles. The Balaban J connectivity index is 2.30. The van der Waals surface area contributed by atoms with E-state index in [1.165, 1.54) is 17.8 Å². The van der Waals surface area contributed by atoms with E-state index in [-0.39, 0.29) is 11.1 Å². The maximum atomic E-state index is 11.1. The van der Waals surface area contributed by atoms with Crippen LogP contribution in [0.2, 0.25) is 0 Å². The number of nitro groups is 1. The largest absolute Gasteiger partial charge is 0.480 e. The van der Waals surface area contributed by atoms with Gasteiger partial charge in [0.2, 0.25) is 0 Å². The lowest BCUT2D eigenvalue weighted by Crippen LogP contribution is -2.41. The highest BCUT2D eigenvalue weighted by Gasteiger charge is 2.31. The number of aliphatic carboxylic acids is 1. The van der Waals surface area contributed by atoms with Crippen LogP contribution < -0.4 is 5.32 Å².